The molecule has 194 valence electrons. The molecule has 37 heavy (non-hydrogen) atoms. The molecule has 0 saturated heterocycles. The number of ketones is 1. The van der Waals surface area contributed by atoms with Crippen LogP contribution in [0.15, 0.2) is 59.5 Å². The Kier molecular flexibility index (Phi) is 6.80. The number of nitrogens with zero attached hydrogens (tertiary/aromatic N) is 1. The third-order valence-electron chi connectivity index (χ3n) is 7.15. The summed E-state index contributed by atoms with van der Waals surface area (Å²) in [6.45, 7) is 7.67. The van der Waals surface area contributed by atoms with Gasteiger partial charge >= 0.3 is 0 Å². The summed E-state index contributed by atoms with van der Waals surface area (Å²) in [7, 11) is 0.547. The fraction of sp³-hybridized carbons (Fsp3) is 0.333. The Morgan fingerprint density at radius 1 is 0.973 bits per heavy atom. The Morgan fingerprint density at radius 2 is 1.62 bits per heavy atom. The molecular weight excluding hydrogens is 484 g/mol. The third kappa shape index (κ3) is 5.05. The smallest absolute Gasteiger partial charge is 0.252 e. The molecule has 1 amide bonds. The van der Waals surface area contributed by atoms with Crippen molar-refractivity contribution in [2.45, 2.75) is 45.1 Å². The highest BCUT2D eigenvalue weighted by Crippen LogP contribution is 2.41. The van der Waals surface area contributed by atoms with E-state index in [0.29, 0.717) is 17.5 Å². The van der Waals surface area contributed by atoms with Crippen LogP contribution >= 0.6 is 0 Å². The van der Waals surface area contributed by atoms with E-state index in [1.165, 1.54) is 6.26 Å². The predicted octanol–water partition coefficient (Wildman–Crippen LogP) is 5.06. The number of nitrogens with one attached hydrogen (secondary N) is 1. The molecule has 0 aromatic heterocycles. The number of hydrogen-bond acceptors (Lipinski definition) is 5. The molecule has 1 aliphatic carbocycles. The second kappa shape index (κ2) is 9.45. The van der Waals surface area contributed by atoms with Gasteiger partial charge in [0.05, 0.1) is 10.9 Å². The molecule has 1 unspecified atom stereocenters. The molecule has 0 aliphatic heterocycles. The molecular formula is C30H34N2O4S. The van der Waals surface area contributed by atoms with Crippen molar-refractivity contribution >= 4 is 27.2 Å². The first kappa shape index (κ1) is 26.6. The van der Waals surface area contributed by atoms with Crippen molar-refractivity contribution in [2.75, 3.05) is 25.3 Å². The van der Waals surface area contributed by atoms with E-state index < -0.39 is 21.3 Å². The van der Waals surface area contributed by atoms with Crippen LogP contribution in [0.4, 0.5) is 5.69 Å². The average molecular weight is 519 g/mol. The van der Waals surface area contributed by atoms with E-state index >= 15 is 0 Å². The summed E-state index contributed by atoms with van der Waals surface area (Å²) in [6.07, 6.45) is 1.68. The fourth-order valence-electron chi connectivity index (χ4n) is 5.19. The van der Waals surface area contributed by atoms with Crippen LogP contribution in [0.3, 0.4) is 0 Å². The van der Waals surface area contributed by atoms with E-state index in [0.717, 1.165) is 33.5 Å². The number of fused-ring (bicyclic) bond motifs is 1. The molecule has 0 radical (unpaired) electrons. The lowest BCUT2D eigenvalue weighted by Crippen LogP contribution is -2.31. The molecule has 1 atom stereocenters. The number of anilines is 1. The lowest BCUT2D eigenvalue weighted by atomic mass is 9.88. The summed E-state index contributed by atoms with van der Waals surface area (Å²) < 4.78 is 24.0. The average Bonchev–Trinajstić information content (AvgIpc) is 3.05. The number of carbonyl (C=O) groups is 2. The lowest BCUT2D eigenvalue weighted by molar-refractivity contribution is 0.0861. The van der Waals surface area contributed by atoms with Crippen molar-refractivity contribution in [3.05, 3.63) is 93.5 Å². The minimum atomic E-state index is -3.35. The first-order valence-corrected chi connectivity index (χ1v) is 14.2. The van der Waals surface area contributed by atoms with E-state index in [1.54, 1.807) is 24.3 Å². The summed E-state index contributed by atoms with van der Waals surface area (Å²) in [4.78, 5) is 29.3. The van der Waals surface area contributed by atoms with E-state index in [-0.39, 0.29) is 16.6 Å². The Labute approximate surface area is 219 Å². The van der Waals surface area contributed by atoms with E-state index in [1.807, 2.05) is 77.0 Å². The van der Waals surface area contributed by atoms with E-state index in [4.69, 9.17) is 0 Å². The molecule has 0 heterocycles. The predicted molar refractivity (Wildman–Crippen MR) is 147 cm³/mol. The maximum absolute atomic E-state index is 13.9. The summed E-state index contributed by atoms with van der Waals surface area (Å²) in [5, 5.41) is 3.20. The van der Waals surface area contributed by atoms with Gasteiger partial charge in [0.25, 0.3) is 5.91 Å². The van der Waals surface area contributed by atoms with Gasteiger partial charge < -0.3 is 10.2 Å². The Balaban J connectivity index is 1.81. The summed E-state index contributed by atoms with van der Waals surface area (Å²) in [5.41, 5.74) is 5.77. The van der Waals surface area contributed by atoms with Crippen LogP contribution < -0.4 is 10.2 Å². The largest absolute Gasteiger partial charge is 0.378 e. The van der Waals surface area contributed by atoms with Crippen LogP contribution in [0.2, 0.25) is 0 Å². The normalized spacial score (nSPS) is 15.3. The fourth-order valence-corrected chi connectivity index (χ4v) is 5.82. The SMILES string of the molecule is Cc1cc(C)c2c(c1C(=O)NC(c1ccc(S(C)(=O)=O)cc1)c1cccc(N(C)C)c1)CC(C)(C)C2=O. The van der Waals surface area contributed by atoms with Gasteiger partial charge in [0.1, 0.15) is 0 Å². The minimum absolute atomic E-state index is 0.0700. The molecule has 0 spiro atoms. The van der Waals surface area contributed by atoms with Crippen LogP contribution in [-0.4, -0.2) is 40.5 Å². The van der Waals surface area contributed by atoms with Gasteiger partial charge in [0.15, 0.2) is 15.6 Å². The standard InChI is InChI=1S/C30H34N2O4S/c1-18-15-19(2)26(24-17-30(3,4)28(33)25(18)24)29(34)31-27(21-9-8-10-22(16-21)32(5)6)20-11-13-23(14-12-20)37(7,35)36/h8-16,27H,17H2,1-7H3,(H,31,34). The molecule has 6 nitrogen and oxygen atoms in total. The molecule has 0 fully saturated rings. The molecule has 3 aromatic rings. The molecule has 4 rings (SSSR count). The van der Waals surface area contributed by atoms with Crippen molar-refractivity contribution in [3.8, 4) is 0 Å². The van der Waals surface area contributed by atoms with Crippen molar-refractivity contribution in [1.82, 2.24) is 5.32 Å². The number of rotatable bonds is 6. The van der Waals surface area contributed by atoms with Crippen LogP contribution in [0.25, 0.3) is 0 Å². The van der Waals surface area contributed by atoms with Crippen LogP contribution in [0.1, 0.15) is 68.4 Å². The van der Waals surface area contributed by atoms with Gasteiger partial charge in [-0.05, 0) is 72.4 Å². The second-order valence-electron chi connectivity index (χ2n) is 10.9. The highest BCUT2D eigenvalue weighted by atomic mass is 32.2. The first-order chi connectivity index (χ1) is 17.2. The molecule has 0 saturated carbocycles. The van der Waals surface area contributed by atoms with Crippen LogP contribution in [-0.2, 0) is 16.3 Å². The Bertz CT molecular complexity index is 1500. The highest BCUT2D eigenvalue weighted by molar-refractivity contribution is 7.90. The van der Waals surface area contributed by atoms with Gasteiger partial charge in [-0.25, -0.2) is 8.42 Å². The van der Waals surface area contributed by atoms with Gasteiger partial charge in [-0.2, -0.15) is 0 Å². The number of aryl methyl sites for hydroxylation is 2. The summed E-state index contributed by atoms with van der Waals surface area (Å²) >= 11 is 0. The van der Waals surface area contributed by atoms with Gasteiger partial charge in [-0.15, -0.1) is 0 Å². The molecule has 7 heteroatoms. The quantitative estimate of drug-likeness (QED) is 0.493. The summed E-state index contributed by atoms with van der Waals surface area (Å²) in [5.74, 6) is -0.188. The number of hydrogen-bond donors (Lipinski definition) is 1. The van der Waals surface area contributed by atoms with Crippen molar-refractivity contribution < 1.29 is 18.0 Å². The number of benzene rings is 3. The van der Waals surface area contributed by atoms with Crippen LogP contribution in [0, 0.1) is 19.3 Å². The van der Waals surface area contributed by atoms with Gasteiger partial charge in [0, 0.05) is 42.6 Å². The topological polar surface area (TPSA) is 83.6 Å². The van der Waals surface area contributed by atoms with Gasteiger partial charge in [-0.3, -0.25) is 9.59 Å². The highest BCUT2D eigenvalue weighted by Gasteiger charge is 2.41. The van der Waals surface area contributed by atoms with Crippen LogP contribution in [0.5, 0.6) is 0 Å². The van der Waals surface area contributed by atoms with E-state index in [2.05, 4.69) is 5.32 Å². The van der Waals surface area contributed by atoms with Gasteiger partial charge in [0.2, 0.25) is 0 Å². The minimum Gasteiger partial charge on any atom is -0.378 e. The molecule has 1 aliphatic rings. The monoisotopic (exact) mass is 518 g/mol. The summed E-state index contributed by atoms with van der Waals surface area (Å²) in [6, 6.07) is 15.9. The van der Waals surface area contributed by atoms with Crippen molar-refractivity contribution in [2.24, 2.45) is 5.41 Å². The number of amides is 1. The number of sulfone groups is 1. The number of Topliss-reactive ketones (excluding diaryl/α,β-unsaturated/α-hetero) is 1. The Hall–Kier alpha value is -3.45. The Morgan fingerprint density at radius 3 is 2.22 bits per heavy atom. The zero-order chi connectivity index (χ0) is 27.3. The van der Waals surface area contributed by atoms with E-state index in [9.17, 15) is 18.0 Å². The maximum atomic E-state index is 13.9. The zero-order valence-corrected chi connectivity index (χ0v) is 23.3. The lowest BCUT2D eigenvalue weighted by Gasteiger charge is -2.24. The zero-order valence-electron chi connectivity index (χ0n) is 22.5. The number of carbonyl (C=O) groups excluding carboxylic acids is 2. The molecule has 1 N–H and O–H groups in total. The molecule has 3 aromatic carbocycles. The van der Waals surface area contributed by atoms with Crippen molar-refractivity contribution in [1.29, 1.82) is 0 Å². The van der Waals surface area contributed by atoms with Crippen molar-refractivity contribution in [3.63, 3.8) is 0 Å². The second-order valence-corrected chi connectivity index (χ2v) is 12.9. The third-order valence-corrected chi connectivity index (χ3v) is 8.28. The van der Waals surface area contributed by atoms with Gasteiger partial charge in [-0.1, -0.05) is 44.2 Å². The maximum Gasteiger partial charge on any atom is 0.252 e. The molecule has 0 bridgehead atoms. The first-order valence-electron chi connectivity index (χ1n) is 12.3.